The van der Waals surface area contributed by atoms with Crippen LogP contribution >= 0.6 is 0 Å². The Morgan fingerprint density at radius 1 is 1.28 bits per heavy atom. The molecule has 0 bridgehead atoms. The van der Waals surface area contributed by atoms with E-state index in [4.69, 9.17) is 4.74 Å². The lowest BCUT2D eigenvalue weighted by molar-refractivity contribution is 0.0690. The number of para-hydroxylation sites is 1. The third-order valence-electron chi connectivity index (χ3n) is 5.05. The maximum absolute atomic E-state index is 11.6. The highest BCUT2D eigenvalue weighted by atomic mass is 16.5. The Morgan fingerprint density at radius 2 is 2.16 bits per heavy atom. The minimum Gasteiger partial charge on any atom is -0.493 e. The summed E-state index contributed by atoms with van der Waals surface area (Å²) in [4.78, 5) is 19.5. The van der Waals surface area contributed by atoms with Crippen molar-refractivity contribution < 1.29 is 14.6 Å². The van der Waals surface area contributed by atoms with E-state index in [2.05, 4.69) is 16.0 Å². The second-order valence-corrected chi connectivity index (χ2v) is 6.53. The van der Waals surface area contributed by atoms with E-state index in [1.807, 2.05) is 30.3 Å². The van der Waals surface area contributed by atoms with Crippen LogP contribution in [0, 0.1) is 0 Å². The molecule has 2 N–H and O–H groups in total. The minimum atomic E-state index is -1.00. The van der Waals surface area contributed by atoms with Crippen molar-refractivity contribution in [3.63, 3.8) is 0 Å². The van der Waals surface area contributed by atoms with E-state index >= 15 is 0 Å². The molecule has 0 saturated carbocycles. The van der Waals surface area contributed by atoms with Gasteiger partial charge in [-0.05, 0) is 30.2 Å². The summed E-state index contributed by atoms with van der Waals surface area (Å²) in [6.45, 7) is 0.728. The van der Waals surface area contributed by atoms with Crippen LogP contribution < -0.4 is 0 Å². The molecule has 1 aliphatic carbocycles. The number of aromatic amines is 1. The molecule has 0 spiro atoms. The molecule has 1 aliphatic heterocycles. The number of allylic oxidation sites excluding steroid dienone is 2. The number of benzene rings is 1. The van der Waals surface area contributed by atoms with Gasteiger partial charge in [-0.15, -0.1) is 0 Å². The zero-order chi connectivity index (χ0) is 17.0. The Balaban J connectivity index is 1.74. The molecule has 0 fully saturated rings. The number of fused-ring (bicyclic) bond motifs is 3. The van der Waals surface area contributed by atoms with Crippen LogP contribution in [0.15, 0.2) is 53.8 Å². The first-order valence-corrected chi connectivity index (χ1v) is 8.38. The molecular weight excluding hydrogens is 316 g/mol. The average molecular weight is 332 g/mol. The van der Waals surface area contributed by atoms with Gasteiger partial charge in [-0.1, -0.05) is 24.3 Å². The number of hydrogen-bond donors (Lipinski definition) is 2. The topological polar surface area (TPSA) is 75.2 Å². The van der Waals surface area contributed by atoms with E-state index < -0.39 is 5.97 Å². The van der Waals surface area contributed by atoms with Gasteiger partial charge < -0.3 is 14.8 Å². The first-order chi connectivity index (χ1) is 12.2. The predicted molar refractivity (Wildman–Crippen MR) is 94.7 cm³/mol. The SMILES string of the molecule is O=C(O)c1cc2c([nH]c3ccccc32)c(C2C=CC3=C(CCO3)C2)n1. The molecular formula is C20H16N2O3. The molecule has 25 heavy (non-hydrogen) atoms. The van der Waals surface area contributed by atoms with Gasteiger partial charge in [-0.3, -0.25) is 0 Å². The van der Waals surface area contributed by atoms with E-state index in [-0.39, 0.29) is 11.6 Å². The summed E-state index contributed by atoms with van der Waals surface area (Å²) in [7, 11) is 0. The van der Waals surface area contributed by atoms with Crippen LogP contribution in [0.5, 0.6) is 0 Å². The number of carbonyl (C=O) groups is 1. The molecule has 5 rings (SSSR count). The van der Waals surface area contributed by atoms with Gasteiger partial charge in [-0.2, -0.15) is 0 Å². The number of rotatable bonds is 2. The quantitative estimate of drug-likeness (QED) is 0.740. The van der Waals surface area contributed by atoms with E-state index in [1.54, 1.807) is 6.07 Å². The van der Waals surface area contributed by atoms with Crippen molar-refractivity contribution in [3.05, 3.63) is 65.2 Å². The van der Waals surface area contributed by atoms with Crippen LogP contribution in [0.3, 0.4) is 0 Å². The van der Waals surface area contributed by atoms with Gasteiger partial charge in [-0.25, -0.2) is 9.78 Å². The molecule has 1 atom stereocenters. The summed E-state index contributed by atoms with van der Waals surface area (Å²) in [6, 6.07) is 9.60. The lowest BCUT2D eigenvalue weighted by Crippen LogP contribution is -2.09. The zero-order valence-corrected chi connectivity index (χ0v) is 13.5. The number of nitrogens with one attached hydrogen (secondary N) is 1. The van der Waals surface area contributed by atoms with E-state index in [0.29, 0.717) is 0 Å². The number of aromatic carboxylic acids is 1. The summed E-state index contributed by atoms with van der Waals surface area (Å²) in [5, 5.41) is 11.4. The third kappa shape index (κ3) is 2.16. The molecule has 5 nitrogen and oxygen atoms in total. The van der Waals surface area contributed by atoms with Gasteiger partial charge in [0.1, 0.15) is 11.5 Å². The van der Waals surface area contributed by atoms with Gasteiger partial charge in [0.15, 0.2) is 0 Å². The molecule has 5 heteroatoms. The van der Waals surface area contributed by atoms with Crippen molar-refractivity contribution in [2.75, 3.05) is 6.61 Å². The van der Waals surface area contributed by atoms with Gasteiger partial charge in [0, 0.05) is 28.6 Å². The molecule has 0 amide bonds. The first kappa shape index (κ1) is 14.3. The van der Waals surface area contributed by atoms with Gasteiger partial charge in [0.05, 0.1) is 17.8 Å². The lowest BCUT2D eigenvalue weighted by atomic mass is 9.89. The number of nitrogens with zero attached hydrogens (tertiary/aromatic N) is 1. The maximum atomic E-state index is 11.6. The van der Waals surface area contributed by atoms with Crippen LogP contribution in [0.25, 0.3) is 21.8 Å². The fourth-order valence-corrected chi connectivity index (χ4v) is 3.85. The molecule has 1 unspecified atom stereocenters. The number of aromatic nitrogens is 2. The highest BCUT2D eigenvalue weighted by Gasteiger charge is 2.26. The Kier molecular flexibility index (Phi) is 2.98. The van der Waals surface area contributed by atoms with Crippen molar-refractivity contribution in [3.8, 4) is 0 Å². The fourth-order valence-electron chi connectivity index (χ4n) is 3.85. The minimum absolute atomic E-state index is 0.0512. The molecule has 0 saturated heterocycles. The van der Waals surface area contributed by atoms with Crippen LogP contribution in [-0.4, -0.2) is 27.7 Å². The fraction of sp³-hybridized carbons (Fsp3) is 0.200. The Bertz CT molecular complexity index is 1090. The number of pyridine rings is 1. The average Bonchev–Trinajstić information content (AvgIpc) is 3.24. The smallest absolute Gasteiger partial charge is 0.354 e. The van der Waals surface area contributed by atoms with Crippen LogP contribution in [0.2, 0.25) is 0 Å². The van der Waals surface area contributed by atoms with E-state index in [1.165, 1.54) is 5.57 Å². The first-order valence-electron chi connectivity index (χ1n) is 8.38. The van der Waals surface area contributed by atoms with Crippen LogP contribution in [0.4, 0.5) is 0 Å². The van der Waals surface area contributed by atoms with Gasteiger partial charge >= 0.3 is 5.97 Å². The largest absolute Gasteiger partial charge is 0.493 e. The lowest BCUT2D eigenvalue weighted by Gasteiger charge is -2.18. The summed E-state index contributed by atoms with van der Waals surface area (Å²) in [6.07, 6.45) is 5.83. The van der Waals surface area contributed by atoms with Gasteiger partial charge in [0.25, 0.3) is 0 Å². The molecule has 124 valence electrons. The second kappa shape index (κ2) is 5.21. The Morgan fingerprint density at radius 3 is 3.04 bits per heavy atom. The highest BCUT2D eigenvalue weighted by molar-refractivity contribution is 6.09. The maximum Gasteiger partial charge on any atom is 0.354 e. The number of carboxylic acids is 1. The third-order valence-corrected chi connectivity index (χ3v) is 5.05. The summed E-state index contributed by atoms with van der Waals surface area (Å²) < 4.78 is 5.61. The summed E-state index contributed by atoms with van der Waals surface area (Å²) in [5.74, 6) is 0.0196. The number of H-pyrrole nitrogens is 1. The normalized spacial score (nSPS) is 19.4. The summed E-state index contributed by atoms with van der Waals surface area (Å²) in [5.41, 5.74) is 4.08. The second-order valence-electron chi connectivity index (χ2n) is 6.53. The highest BCUT2D eigenvalue weighted by Crippen LogP contribution is 2.39. The molecule has 1 aromatic carbocycles. The zero-order valence-electron chi connectivity index (χ0n) is 13.5. The number of carboxylic acid groups (broad SMARTS) is 1. The molecule has 2 aliphatic rings. The summed E-state index contributed by atoms with van der Waals surface area (Å²) >= 11 is 0. The monoisotopic (exact) mass is 332 g/mol. The molecule has 2 aromatic heterocycles. The van der Waals surface area contributed by atoms with Crippen LogP contribution in [0.1, 0.15) is 34.9 Å². The van der Waals surface area contributed by atoms with Crippen molar-refractivity contribution >= 4 is 27.8 Å². The van der Waals surface area contributed by atoms with Gasteiger partial charge in [0.2, 0.25) is 0 Å². The molecule has 0 radical (unpaired) electrons. The molecule has 3 aromatic rings. The van der Waals surface area contributed by atoms with Crippen molar-refractivity contribution in [1.29, 1.82) is 0 Å². The molecule has 3 heterocycles. The van der Waals surface area contributed by atoms with E-state index in [0.717, 1.165) is 52.7 Å². The Hall–Kier alpha value is -3.08. The number of ether oxygens (including phenoxy) is 1. The van der Waals surface area contributed by atoms with Crippen molar-refractivity contribution in [2.24, 2.45) is 0 Å². The van der Waals surface area contributed by atoms with Crippen LogP contribution in [-0.2, 0) is 4.74 Å². The Labute approximate surface area is 143 Å². The van der Waals surface area contributed by atoms with Crippen molar-refractivity contribution in [2.45, 2.75) is 18.8 Å². The number of hydrogen-bond acceptors (Lipinski definition) is 3. The predicted octanol–water partition coefficient (Wildman–Crippen LogP) is 4.13. The van der Waals surface area contributed by atoms with E-state index in [9.17, 15) is 9.90 Å². The van der Waals surface area contributed by atoms with Crippen molar-refractivity contribution in [1.82, 2.24) is 9.97 Å². The standard InChI is InChI=1S/C20H16N2O3/c23-20(24)16-10-14-13-3-1-2-4-15(13)21-19(14)18(22-16)12-5-6-17-11(9-12)7-8-25-17/h1-6,10,12,21H,7-9H2,(H,23,24).